The highest BCUT2D eigenvalue weighted by molar-refractivity contribution is 6.35. The average molecular weight is 389 g/mol. The lowest BCUT2D eigenvalue weighted by Crippen LogP contribution is -2.31. The van der Waals surface area contributed by atoms with Crippen molar-refractivity contribution in [3.63, 3.8) is 0 Å². The number of amides is 1. The summed E-state index contributed by atoms with van der Waals surface area (Å²) in [5.41, 5.74) is 2.08. The van der Waals surface area contributed by atoms with Gasteiger partial charge in [0, 0.05) is 10.6 Å². The van der Waals surface area contributed by atoms with E-state index in [-0.39, 0.29) is 6.54 Å². The van der Waals surface area contributed by atoms with Gasteiger partial charge in [-0.25, -0.2) is 9.48 Å². The molecule has 3 rings (SSSR count). The molecule has 0 spiro atoms. The van der Waals surface area contributed by atoms with Gasteiger partial charge in [0.05, 0.1) is 22.6 Å². The largest absolute Gasteiger partial charge is 0.365 e. The van der Waals surface area contributed by atoms with E-state index < -0.39 is 11.6 Å². The molecule has 0 unspecified atom stereocenters. The molecule has 0 radical (unpaired) electrons. The summed E-state index contributed by atoms with van der Waals surface area (Å²) in [5, 5.41) is 7.39. The zero-order valence-electron chi connectivity index (χ0n) is 13.7. The van der Waals surface area contributed by atoms with Gasteiger partial charge in [0.25, 0.3) is 0 Å². The van der Waals surface area contributed by atoms with E-state index in [0.717, 1.165) is 15.8 Å². The Morgan fingerprint density at radius 2 is 1.88 bits per heavy atom. The molecule has 1 aromatic heterocycles. The monoisotopic (exact) mass is 388 g/mol. The highest BCUT2D eigenvalue weighted by Gasteiger charge is 2.11. The Morgan fingerprint density at radius 3 is 2.58 bits per heavy atom. The molecule has 132 valence electrons. The van der Waals surface area contributed by atoms with Crippen LogP contribution in [0, 0.1) is 6.92 Å². The van der Waals surface area contributed by atoms with E-state index in [2.05, 4.69) is 15.4 Å². The van der Waals surface area contributed by atoms with Crippen molar-refractivity contribution in [1.29, 1.82) is 0 Å². The van der Waals surface area contributed by atoms with Gasteiger partial charge in [-0.15, -0.1) is 0 Å². The number of hydrogen-bond acceptors (Lipinski definition) is 4. The summed E-state index contributed by atoms with van der Waals surface area (Å²) in [6, 6.07) is 12.3. The molecule has 0 fully saturated rings. The summed E-state index contributed by atoms with van der Waals surface area (Å²) >= 11 is 11.9. The molecule has 0 aliphatic rings. The number of aromatic nitrogens is 3. The lowest BCUT2D eigenvalue weighted by Gasteiger charge is -2.09. The third-order valence-corrected chi connectivity index (χ3v) is 4.16. The van der Waals surface area contributed by atoms with Crippen molar-refractivity contribution in [3.8, 4) is 11.3 Å². The minimum atomic E-state index is -0.615. The molecule has 1 heterocycles. The van der Waals surface area contributed by atoms with Crippen molar-refractivity contribution in [1.82, 2.24) is 14.8 Å². The van der Waals surface area contributed by atoms with Crippen LogP contribution in [0.3, 0.4) is 0 Å². The van der Waals surface area contributed by atoms with Gasteiger partial charge in [0.2, 0.25) is 5.91 Å². The molecule has 2 aromatic carbocycles. The molecule has 8 heteroatoms. The minimum absolute atomic E-state index is 0.289. The SMILES string of the molecule is Cc1ccc(-c2cnn(CC(=O)Nc3cc(Cl)ccc3Cl)c(=O)n2)cc1. The van der Waals surface area contributed by atoms with Gasteiger partial charge in [-0.3, -0.25) is 4.79 Å². The number of nitrogens with one attached hydrogen (secondary N) is 1. The molecule has 0 bridgehead atoms. The molecule has 6 nitrogen and oxygen atoms in total. The molecule has 0 aliphatic heterocycles. The fourth-order valence-electron chi connectivity index (χ4n) is 2.25. The summed E-state index contributed by atoms with van der Waals surface area (Å²) < 4.78 is 0.978. The number of anilines is 1. The maximum Gasteiger partial charge on any atom is 0.365 e. The van der Waals surface area contributed by atoms with Gasteiger partial charge < -0.3 is 5.32 Å². The van der Waals surface area contributed by atoms with Gasteiger partial charge in [-0.05, 0) is 25.1 Å². The van der Waals surface area contributed by atoms with Crippen LogP contribution in [0.4, 0.5) is 5.69 Å². The van der Waals surface area contributed by atoms with Crippen LogP contribution in [0.25, 0.3) is 11.3 Å². The zero-order chi connectivity index (χ0) is 18.7. The first kappa shape index (κ1) is 18.1. The van der Waals surface area contributed by atoms with Crippen LogP contribution in [0.15, 0.2) is 53.5 Å². The van der Waals surface area contributed by atoms with E-state index in [4.69, 9.17) is 23.2 Å². The second kappa shape index (κ2) is 7.68. The highest BCUT2D eigenvalue weighted by Crippen LogP contribution is 2.25. The third kappa shape index (κ3) is 4.28. The Bertz CT molecular complexity index is 1020. The summed E-state index contributed by atoms with van der Waals surface area (Å²) in [6.45, 7) is 1.68. The van der Waals surface area contributed by atoms with Crippen molar-refractivity contribution < 1.29 is 4.79 Å². The van der Waals surface area contributed by atoms with Gasteiger partial charge >= 0.3 is 5.69 Å². The molecule has 0 saturated carbocycles. The van der Waals surface area contributed by atoms with Crippen molar-refractivity contribution >= 4 is 34.8 Å². The smallest absolute Gasteiger partial charge is 0.323 e. The van der Waals surface area contributed by atoms with Crippen LogP contribution in [-0.4, -0.2) is 20.7 Å². The lowest BCUT2D eigenvalue weighted by molar-refractivity contribution is -0.117. The Labute approximate surface area is 159 Å². The molecular weight excluding hydrogens is 375 g/mol. The maximum atomic E-state index is 12.2. The third-order valence-electron chi connectivity index (χ3n) is 3.60. The molecule has 1 N–H and O–H groups in total. The van der Waals surface area contributed by atoms with E-state index in [1.807, 2.05) is 31.2 Å². The first-order chi connectivity index (χ1) is 12.4. The number of benzene rings is 2. The van der Waals surface area contributed by atoms with Gasteiger partial charge in [0.15, 0.2) is 0 Å². The van der Waals surface area contributed by atoms with E-state index in [1.165, 1.54) is 12.3 Å². The number of rotatable bonds is 4. The number of nitrogens with zero attached hydrogens (tertiary/aromatic N) is 3. The number of carbonyl (C=O) groups excluding carboxylic acids is 1. The molecule has 1 amide bonds. The van der Waals surface area contributed by atoms with Crippen LogP contribution in [-0.2, 0) is 11.3 Å². The predicted molar refractivity (Wildman–Crippen MR) is 102 cm³/mol. The fourth-order valence-corrected chi connectivity index (χ4v) is 2.59. The topological polar surface area (TPSA) is 76.9 Å². The quantitative estimate of drug-likeness (QED) is 0.740. The van der Waals surface area contributed by atoms with Crippen LogP contribution in [0.2, 0.25) is 10.0 Å². The molecule has 0 aliphatic carbocycles. The van der Waals surface area contributed by atoms with Gasteiger partial charge in [0.1, 0.15) is 6.54 Å². The fraction of sp³-hybridized carbons (Fsp3) is 0.111. The first-order valence-corrected chi connectivity index (χ1v) is 8.44. The first-order valence-electron chi connectivity index (χ1n) is 7.68. The Morgan fingerprint density at radius 1 is 1.15 bits per heavy atom. The van der Waals surface area contributed by atoms with E-state index in [1.54, 1.807) is 12.1 Å². The standard InChI is InChI=1S/C18H14Cl2N4O2/c1-11-2-4-12(5-3-11)16-9-21-24(18(26)23-16)10-17(25)22-15-8-13(19)6-7-14(15)20/h2-9H,10H2,1H3,(H,22,25). The highest BCUT2D eigenvalue weighted by atomic mass is 35.5. The lowest BCUT2D eigenvalue weighted by atomic mass is 10.1. The second-order valence-electron chi connectivity index (χ2n) is 5.62. The number of halogens is 2. The Balaban J connectivity index is 1.75. The Hall–Kier alpha value is -2.70. The number of hydrogen-bond donors (Lipinski definition) is 1. The Kier molecular flexibility index (Phi) is 5.35. The van der Waals surface area contributed by atoms with Crippen molar-refractivity contribution in [2.75, 3.05) is 5.32 Å². The van der Waals surface area contributed by atoms with Crippen molar-refractivity contribution in [3.05, 3.63) is 74.8 Å². The van der Waals surface area contributed by atoms with E-state index in [9.17, 15) is 9.59 Å². The summed E-state index contributed by atoms with van der Waals surface area (Å²) in [7, 11) is 0. The molecule has 0 atom stereocenters. The van der Waals surface area contributed by atoms with Crippen molar-refractivity contribution in [2.24, 2.45) is 0 Å². The maximum absolute atomic E-state index is 12.2. The average Bonchev–Trinajstić information content (AvgIpc) is 2.60. The van der Waals surface area contributed by atoms with Gasteiger partial charge in [-0.1, -0.05) is 53.0 Å². The second-order valence-corrected chi connectivity index (χ2v) is 6.46. The normalized spacial score (nSPS) is 10.6. The molecule has 3 aromatic rings. The van der Waals surface area contributed by atoms with Crippen LogP contribution < -0.4 is 11.0 Å². The zero-order valence-corrected chi connectivity index (χ0v) is 15.3. The van der Waals surface area contributed by atoms with Crippen LogP contribution in [0.5, 0.6) is 0 Å². The van der Waals surface area contributed by atoms with Crippen LogP contribution in [0.1, 0.15) is 5.56 Å². The van der Waals surface area contributed by atoms with Gasteiger partial charge in [-0.2, -0.15) is 10.1 Å². The molecular formula is C18H14Cl2N4O2. The van der Waals surface area contributed by atoms with Crippen LogP contribution >= 0.6 is 23.2 Å². The summed E-state index contributed by atoms with van der Waals surface area (Å²) in [6.07, 6.45) is 1.45. The molecule has 26 heavy (non-hydrogen) atoms. The predicted octanol–water partition coefficient (Wildman–Crippen LogP) is 3.56. The summed E-state index contributed by atoms with van der Waals surface area (Å²) in [4.78, 5) is 28.3. The van der Waals surface area contributed by atoms with E-state index in [0.29, 0.717) is 21.4 Å². The van der Waals surface area contributed by atoms with Crippen molar-refractivity contribution in [2.45, 2.75) is 13.5 Å². The van der Waals surface area contributed by atoms with E-state index >= 15 is 0 Å². The summed E-state index contributed by atoms with van der Waals surface area (Å²) in [5.74, 6) is -0.464. The number of carbonyl (C=O) groups is 1. The molecule has 0 saturated heterocycles. The minimum Gasteiger partial charge on any atom is -0.323 e. The number of aryl methyl sites for hydroxylation is 1.